The van der Waals surface area contributed by atoms with E-state index in [-0.39, 0.29) is 17.7 Å². The Labute approximate surface area is 97.2 Å². The highest BCUT2D eigenvalue weighted by Crippen LogP contribution is 2.15. The highest BCUT2D eigenvalue weighted by molar-refractivity contribution is 9.10. The van der Waals surface area contributed by atoms with Crippen molar-refractivity contribution in [1.82, 2.24) is 15.0 Å². The molecule has 0 amide bonds. The van der Waals surface area contributed by atoms with Gasteiger partial charge in [0.1, 0.15) is 5.69 Å². The van der Waals surface area contributed by atoms with Crippen LogP contribution in [0.5, 0.6) is 0 Å². The molecule has 0 aromatic carbocycles. The number of Topliss-reactive ketones (excluding diaryl/α,β-unsaturated/α-hetero) is 1. The van der Waals surface area contributed by atoms with Crippen LogP contribution in [0.15, 0.2) is 4.60 Å². The fourth-order valence-electron chi connectivity index (χ4n) is 1.17. The van der Waals surface area contributed by atoms with Gasteiger partial charge in [-0.05, 0) is 21.8 Å². The van der Waals surface area contributed by atoms with Crippen molar-refractivity contribution in [3.8, 4) is 0 Å². The van der Waals surface area contributed by atoms with Crippen LogP contribution in [0.3, 0.4) is 0 Å². The topological polar surface area (TPSA) is 73.8 Å². The van der Waals surface area contributed by atoms with Crippen molar-refractivity contribution in [3.63, 3.8) is 0 Å². The first-order valence-corrected chi connectivity index (χ1v) is 5.56. The van der Waals surface area contributed by atoms with Crippen LogP contribution in [-0.4, -0.2) is 26.8 Å². The number of carbonyl (C=O) groups excluding carboxylic acids is 1. The van der Waals surface area contributed by atoms with Gasteiger partial charge < -0.3 is 5.73 Å². The predicted octanol–water partition coefficient (Wildman–Crippen LogP) is 1.13. The Hall–Kier alpha value is -0.750. The first-order chi connectivity index (χ1) is 6.93. The fourth-order valence-corrected chi connectivity index (χ4v) is 1.72. The number of hydrogen-bond acceptors (Lipinski definition) is 4. The summed E-state index contributed by atoms with van der Waals surface area (Å²) in [6.45, 7) is 3.99. The normalized spacial score (nSPS) is 13.2. The Morgan fingerprint density at radius 1 is 1.60 bits per heavy atom. The number of aryl methyl sites for hydroxylation is 1. The molecular weight excluding hydrogens is 260 g/mol. The summed E-state index contributed by atoms with van der Waals surface area (Å²) in [5.74, 6) is 0.254. The lowest BCUT2D eigenvalue weighted by Crippen LogP contribution is -2.30. The molecular formula is C9H15BrN4O. The predicted molar refractivity (Wildman–Crippen MR) is 60.5 cm³/mol. The van der Waals surface area contributed by atoms with Gasteiger partial charge >= 0.3 is 0 Å². The molecule has 0 saturated carbocycles. The molecule has 0 saturated heterocycles. The first-order valence-electron chi connectivity index (χ1n) is 4.77. The average Bonchev–Trinajstić information content (AvgIpc) is 2.45. The molecule has 0 aliphatic carbocycles. The van der Waals surface area contributed by atoms with Crippen molar-refractivity contribution in [2.45, 2.75) is 26.3 Å². The van der Waals surface area contributed by atoms with E-state index < -0.39 is 0 Å². The van der Waals surface area contributed by atoms with Gasteiger partial charge in [0, 0.05) is 19.5 Å². The van der Waals surface area contributed by atoms with Gasteiger partial charge in [0.15, 0.2) is 10.4 Å². The summed E-state index contributed by atoms with van der Waals surface area (Å²) in [5, 5.41) is 7.50. The summed E-state index contributed by atoms with van der Waals surface area (Å²) in [6.07, 6.45) is 0.317. The maximum Gasteiger partial charge on any atom is 0.185 e. The molecule has 1 aromatic rings. The van der Waals surface area contributed by atoms with Gasteiger partial charge in [0.05, 0.1) is 0 Å². The lowest BCUT2D eigenvalue weighted by atomic mass is 9.99. The Balaban J connectivity index is 2.78. The molecule has 0 spiro atoms. The fraction of sp³-hybridized carbons (Fsp3) is 0.667. The third kappa shape index (κ3) is 2.85. The van der Waals surface area contributed by atoms with E-state index in [0.717, 1.165) is 0 Å². The summed E-state index contributed by atoms with van der Waals surface area (Å²) < 4.78 is 1.94. The van der Waals surface area contributed by atoms with Crippen LogP contribution >= 0.6 is 15.9 Å². The van der Waals surface area contributed by atoms with Gasteiger partial charge in [-0.25, -0.2) is 4.68 Å². The second-order valence-electron chi connectivity index (χ2n) is 3.89. The molecule has 1 heterocycles. The van der Waals surface area contributed by atoms with Crippen LogP contribution in [0, 0.1) is 5.92 Å². The zero-order valence-corrected chi connectivity index (χ0v) is 10.7. The van der Waals surface area contributed by atoms with Crippen molar-refractivity contribution >= 4 is 21.7 Å². The van der Waals surface area contributed by atoms with Gasteiger partial charge in [-0.1, -0.05) is 19.1 Å². The molecule has 0 aliphatic rings. The van der Waals surface area contributed by atoms with E-state index in [1.54, 1.807) is 7.05 Å². The zero-order chi connectivity index (χ0) is 11.6. The molecule has 1 aromatic heterocycles. The SMILES string of the molecule is CC(C)C(N)CC(=O)c1c(Br)nnn1C. The number of ketones is 1. The zero-order valence-electron chi connectivity index (χ0n) is 9.07. The van der Waals surface area contributed by atoms with E-state index in [9.17, 15) is 4.79 Å². The third-order valence-electron chi connectivity index (χ3n) is 2.33. The molecule has 0 fully saturated rings. The molecule has 2 N–H and O–H groups in total. The van der Waals surface area contributed by atoms with E-state index in [2.05, 4.69) is 26.2 Å². The maximum atomic E-state index is 11.9. The second kappa shape index (κ2) is 4.85. The lowest BCUT2D eigenvalue weighted by molar-refractivity contribution is 0.0957. The van der Waals surface area contributed by atoms with Crippen LogP contribution in [-0.2, 0) is 7.05 Å². The highest BCUT2D eigenvalue weighted by atomic mass is 79.9. The molecule has 0 aliphatic heterocycles. The van der Waals surface area contributed by atoms with Crippen LogP contribution in [0.25, 0.3) is 0 Å². The lowest BCUT2D eigenvalue weighted by Gasteiger charge is -2.14. The van der Waals surface area contributed by atoms with Crippen molar-refractivity contribution in [3.05, 3.63) is 10.3 Å². The molecule has 5 nitrogen and oxygen atoms in total. The van der Waals surface area contributed by atoms with E-state index in [0.29, 0.717) is 16.7 Å². The minimum atomic E-state index is -0.126. The standard InChI is InChI=1S/C9H15BrN4O/c1-5(2)6(11)4-7(15)8-9(10)12-13-14(8)3/h5-6H,4,11H2,1-3H3. The monoisotopic (exact) mass is 274 g/mol. The van der Waals surface area contributed by atoms with Crippen molar-refractivity contribution in [2.24, 2.45) is 18.7 Å². The number of nitrogens with two attached hydrogens (primary N) is 1. The summed E-state index contributed by atoms with van der Waals surface area (Å²) in [6, 6.07) is -0.126. The Morgan fingerprint density at radius 2 is 2.20 bits per heavy atom. The van der Waals surface area contributed by atoms with Crippen LogP contribution in [0.1, 0.15) is 30.8 Å². The second-order valence-corrected chi connectivity index (χ2v) is 4.64. The highest BCUT2D eigenvalue weighted by Gasteiger charge is 2.20. The number of carbonyl (C=O) groups is 1. The molecule has 6 heteroatoms. The van der Waals surface area contributed by atoms with Crippen molar-refractivity contribution in [2.75, 3.05) is 0 Å². The minimum Gasteiger partial charge on any atom is -0.327 e. The smallest absolute Gasteiger partial charge is 0.185 e. The molecule has 84 valence electrons. The van der Waals surface area contributed by atoms with Gasteiger partial charge in [0.2, 0.25) is 0 Å². The average molecular weight is 275 g/mol. The third-order valence-corrected chi connectivity index (χ3v) is 2.86. The Morgan fingerprint density at radius 3 is 2.60 bits per heavy atom. The first kappa shape index (κ1) is 12.3. The maximum absolute atomic E-state index is 11.9. The van der Waals surface area contributed by atoms with E-state index >= 15 is 0 Å². The Bertz CT molecular complexity index is 341. The summed E-state index contributed by atoms with van der Waals surface area (Å²) in [5.41, 5.74) is 6.32. The van der Waals surface area contributed by atoms with E-state index in [4.69, 9.17) is 5.73 Å². The van der Waals surface area contributed by atoms with Crippen molar-refractivity contribution in [1.29, 1.82) is 0 Å². The van der Waals surface area contributed by atoms with Crippen LogP contribution in [0.4, 0.5) is 0 Å². The quantitative estimate of drug-likeness (QED) is 0.836. The number of nitrogens with zero attached hydrogens (tertiary/aromatic N) is 3. The summed E-state index contributed by atoms with van der Waals surface area (Å²) >= 11 is 3.19. The number of aromatic nitrogens is 3. The summed E-state index contributed by atoms with van der Waals surface area (Å²) in [7, 11) is 1.69. The van der Waals surface area contributed by atoms with Gasteiger partial charge in [-0.15, -0.1) is 5.10 Å². The number of halogens is 1. The molecule has 15 heavy (non-hydrogen) atoms. The molecule has 0 bridgehead atoms. The summed E-state index contributed by atoms with van der Waals surface area (Å²) in [4.78, 5) is 11.9. The van der Waals surface area contributed by atoms with Gasteiger partial charge in [-0.3, -0.25) is 4.79 Å². The van der Waals surface area contributed by atoms with E-state index in [1.807, 2.05) is 13.8 Å². The number of rotatable bonds is 4. The van der Waals surface area contributed by atoms with E-state index in [1.165, 1.54) is 4.68 Å². The van der Waals surface area contributed by atoms with Crippen LogP contribution < -0.4 is 5.73 Å². The Kier molecular flexibility index (Phi) is 3.98. The molecule has 1 unspecified atom stereocenters. The molecule has 1 rings (SSSR count). The van der Waals surface area contributed by atoms with Crippen LogP contribution in [0.2, 0.25) is 0 Å². The van der Waals surface area contributed by atoms with Gasteiger partial charge in [-0.2, -0.15) is 0 Å². The number of hydrogen-bond donors (Lipinski definition) is 1. The molecule has 0 radical (unpaired) electrons. The minimum absolute atomic E-state index is 0.0319. The largest absolute Gasteiger partial charge is 0.327 e. The molecule has 1 atom stereocenters. The van der Waals surface area contributed by atoms with Gasteiger partial charge in [0.25, 0.3) is 0 Å². The van der Waals surface area contributed by atoms with Crippen molar-refractivity contribution < 1.29 is 4.79 Å².